The van der Waals surface area contributed by atoms with E-state index in [1.807, 2.05) is 42.5 Å². The number of nitrogens with zero attached hydrogens (tertiary/aromatic N) is 8. The zero-order chi connectivity index (χ0) is 18.8. The molecule has 27 heavy (non-hydrogen) atoms. The molecule has 133 valence electrons. The van der Waals surface area contributed by atoms with Gasteiger partial charge in [-0.3, -0.25) is 9.97 Å². The van der Waals surface area contributed by atoms with Gasteiger partial charge < -0.3 is 0 Å². The van der Waals surface area contributed by atoms with Gasteiger partial charge in [-0.2, -0.15) is 0 Å². The van der Waals surface area contributed by atoms with Crippen LogP contribution in [-0.2, 0) is 0 Å². The van der Waals surface area contributed by atoms with Gasteiger partial charge in [0.15, 0.2) is 0 Å². The van der Waals surface area contributed by atoms with Crippen LogP contribution in [0.4, 0.5) is 4.79 Å². The lowest BCUT2D eigenvalue weighted by Gasteiger charge is -2.26. The number of hydrogen-bond acceptors (Lipinski definition) is 6. The molecule has 0 N–H and O–H groups in total. The Labute approximate surface area is 155 Å². The van der Waals surface area contributed by atoms with E-state index in [1.54, 1.807) is 26.5 Å². The van der Waals surface area contributed by atoms with Crippen molar-refractivity contribution in [2.24, 2.45) is 5.10 Å². The number of hydrogen-bond donors (Lipinski definition) is 0. The Hall–Kier alpha value is -3.88. The summed E-state index contributed by atoms with van der Waals surface area (Å²) in [6.45, 7) is 0. The third kappa shape index (κ3) is 3.30. The molecule has 3 aromatic heterocycles. The summed E-state index contributed by atoms with van der Waals surface area (Å²) in [6, 6.07) is 12.6. The SMILES string of the molecule is CN1[N]C(c2nc(-c3ccccn3)cc(-c3ccccn3)n2)=NN(C)C1=O. The molecule has 9 heteroatoms. The number of carbonyl (C=O) groups is 1. The summed E-state index contributed by atoms with van der Waals surface area (Å²) in [4.78, 5) is 29.7. The summed E-state index contributed by atoms with van der Waals surface area (Å²) in [5.74, 6) is 0.513. The fourth-order valence-electron chi connectivity index (χ4n) is 2.53. The third-order valence-corrected chi connectivity index (χ3v) is 3.82. The van der Waals surface area contributed by atoms with Gasteiger partial charge in [-0.25, -0.2) is 24.8 Å². The van der Waals surface area contributed by atoms with Gasteiger partial charge in [0.2, 0.25) is 11.7 Å². The maximum Gasteiger partial charge on any atom is 0.360 e. The molecular weight excluding hydrogens is 344 g/mol. The molecular formula is C18H15N8O. The minimum atomic E-state index is -0.343. The second-order valence-corrected chi connectivity index (χ2v) is 5.75. The minimum absolute atomic E-state index is 0.231. The Morgan fingerprint density at radius 3 is 1.85 bits per heavy atom. The van der Waals surface area contributed by atoms with Crippen LogP contribution in [0, 0.1) is 0 Å². The molecule has 0 spiro atoms. The van der Waals surface area contributed by atoms with Crippen LogP contribution in [0.5, 0.6) is 0 Å². The van der Waals surface area contributed by atoms with Crippen LogP contribution < -0.4 is 5.43 Å². The summed E-state index contributed by atoms with van der Waals surface area (Å²) < 4.78 is 0. The molecule has 3 aromatic rings. The average molecular weight is 359 g/mol. The zero-order valence-corrected chi connectivity index (χ0v) is 14.7. The molecule has 0 bridgehead atoms. The highest BCUT2D eigenvalue weighted by Crippen LogP contribution is 2.21. The first-order valence-corrected chi connectivity index (χ1v) is 8.16. The van der Waals surface area contributed by atoms with Gasteiger partial charge in [0.05, 0.1) is 22.8 Å². The number of aromatic nitrogens is 4. The Bertz CT molecular complexity index is 949. The summed E-state index contributed by atoms with van der Waals surface area (Å²) in [6.07, 6.45) is 3.39. The molecule has 0 aliphatic carbocycles. The van der Waals surface area contributed by atoms with E-state index < -0.39 is 0 Å². The van der Waals surface area contributed by atoms with E-state index in [-0.39, 0.29) is 17.7 Å². The number of urea groups is 1. The smallest absolute Gasteiger partial charge is 0.255 e. The highest BCUT2D eigenvalue weighted by Gasteiger charge is 2.27. The van der Waals surface area contributed by atoms with Gasteiger partial charge in [0.25, 0.3) is 0 Å². The van der Waals surface area contributed by atoms with E-state index in [2.05, 4.69) is 30.5 Å². The summed E-state index contributed by atoms with van der Waals surface area (Å²) in [5, 5.41) is 6.57. The topological polar surface area (TPSA) is 102 Å². The van der Waals surface area contributed by atoms with Crippen molar-refractivity contribution in [3.63, 3.8) is 0 Å². The maximum atomic E-state index is 11.9. The fourth-order valence-corrected chi connectivity index (χ4v) is 2.53. The standard InChI is InChI=1S/C18H15N8O/c1-25-18(27)26(2)24-17(23-25)16-21-14(12-7-3-5-9-19-12)11-15(22-16)13-8-4-6-10-20-13/h3-11H,1-2H3. The van der Waals surface area contributed by atoms with Crippen molar-refractivity contribution in [1.29, 1.82) is 0 Å². The average Bonchev–Trinajstić information content (AvgIpc) is 2.72. The second-order valence-electron chi connectivity index (χ2n) is 5.75. The van der Waals surface area contributed by atoms with E-state index in [1.165, 1.54) is 10.0 Å². The van der Waals surface area contributed by atoms with Gasteiger partial charge in [-0.1, -0.05) is 12.1 Å². The van der Waals surface area contributed by atoms with Gasteiger partial charge in [0.1, 0.15) is 0 Å². The molecule has 4 heterocycles. The van der Waals surface area contributed by atoms with Crippen molar-refractivity contribution in [1.82, 2.24) is 35.4 Å². The number of pyridine rings is 2. The highest BCUT2D eigenvalue weighted by molar-refractivity contribution is 5.99. The first kappa shape index (κ1) is 16.6. The summed E-state index contributed by atoms with van der Waals surface area (Å²) >= 11 is 0. The van der Waals surface area contributed by atoms with Gasteiger partial charge in [0, 0.05) is 26.5 Å². The largest absolute Gasteiger partial charge is 0.360 e. The monoisotopic (exact) mass is 359 g/mol. The van der Waals surface area contributed by atoms with Crippen LogP contribution in [0.2, 0.25) is 0 Å². The van der Waals surface area contributed by atoms with Crippen molar-refractivity contribution >= 4 is 11.9 Å². The lowest BCUT2D eigenvalue weighted by molar-refractivity contribution is 0.155. The van der Waals surface area contributed by atoms with Crippen molar-refractivity contribution in [2.75, 3.05) is 14.1 Å². The molecule has 0 saturated heterocycles. The van der Waals surface area contributed by atoms with E-state index in [0.29, 0.717) is 22.8 Å². The quantitative estimate of drug-likeness (QED) is 0.709. The molecule has 1 radical (unpaired) electrons. The second kappa shape index (κ2) is 6.79. The molecule has 0 atom stereocenters. The number of amidine groups is 1. The molecule has 0 aromatic carbocycles. The van der Waals surface area contributed by atoms with E-state index in [0.717, 1.165) is 0 Å². The molecule has 4 rings (SSSR count). The Morgan fingerprint density at radius 1 is 0.778 bits per heavy atom. The lowest BCUT2D eigenvalue weighted by atomic mass is 10.2. The van der Waals surface area contributed by atoms with Gasteiger partial charge in [-0.15, -0.1) is 10.5 Å². The van der Waals surface area contributed by atoms with Crippen LogP contribution in [0.15, 0.2) is 60.0 Å². The first-order chi connectivity index (χ1) is 13.1. The first-order valence-electron chi connectivity index (χ1n) is 8.16. The Morgan fingerprint density at radius 2 is 1.37 bits per heavy atom. The minimum Gasteiger partial charge on any atom is -0.255 e. The van der Waals surface area contributed by atoms with E-state index >= 15 is 0 Å². The van der Waals surface area contributed by atoms with Crippen LogP contribution in [0.1, 0.15) is 5.82 Å². The maximum absolute atomic E-state index is 11.9. The van der Waals surface area contributed by atoms with Crippen molar-refractivity contribution in [2.45, 2.75) is 0 Å². The summed E-state index contributed by atoms with van der Waals surface area (Å²) in [7, 11) is 3.10. The van der Waals surface area contributed by atoms with Gasteiger partial charge >= 0.3 is 6.03 Å². The predicted octanol–water partition coefficient (Wildman–Crippen LogP) is 1.78. The van der Waals surface area contributed by atoms with Crippen LogP contribution in [-0.4, -0.2) is 55.9 Å². The third-order valence-electron chi connectivity index (χ3n) is 3.82. The molecule has 0 fully saturated rings. The fraction of sp³-hybridized carbons (Fsp3) is 0.111. The van der Waals surface area contributed by atoms with Crippen LogP contribution in [0.25, 0.3) is 22.8 Å². The number of carbonyl (C=O) groups excluding carboxylic acids is 1. The molecule has 2 amide bonds. The molecule has 0 unspecified atom stereocenters. The predicted molar refractivity (Wildman–Crippen MR) is 98.1 cm³/mol. The molecule has 1 aliphatic rings. The number of amides is 2. The van der Waals surface area contributed by atoms with Crippen LogP contribution >= 0.6 is 0 Å². The van der Waals surface area contributed by atoms with E-state index in [9.17, 15) is 4.79 Å². The van der Waals surface area contributed by atoms with Gasteiger partial charge in [-0.05, 0) is 30.3 Å². The highest BCUT2D eigenvalue weighted by atomic mass is 16.2. The number of hydrazone groups is 1. The van der Waals surface area contributed by atoms with Crippen LogP contribution in [0.3, 0.4) is 0 Å². The molecule has 0 saturated carbocycles. The summed E-state index contributed by atoms with van der Waals surface area (Å²) in [5.41, 5.74) is 6.78. The van der Waals surface area contributed by atoms with Crippen molar-refractivity contribution in [3.8, 4) is 22.8 Å². The normalized spacial score (nSPS) is 14.0. The van der Waals surface area contributed by atoms with Crippen molar-refractivity contribution < 1.29 is 4.79 Å². The Balaban J connectivity index is 1.87. The zero-order valence-electron chi connectivity index (χ0n) is 14.7. The van der Waals surface area contributed by atoms with E-state index in [4.69, 9.17) is 0 Å². The molecule has 1 aliphatic heterocycles. The molecule has 9 nitrogen and oxygen atoms in total. The number of rotatable bonds is 3. The Kier molecular flexibility index (Phi) is 4.17. The van der Waals surface area contributed by atoms with Crippen molar-refractivity contribution in [3.05, 3.63) is 60.7 Å². The lowest BCUT2D eigenvalue weighted by Crippen LogP contribution is -2.49.